The Kier molecular flexibility index (Phi) is 9.20. The predicted molar refractivity (Wildman–Crippen MR) is 272 cm³/mol. The van der Waals surface area contributed by atoms with Crippen LogP contribution < -0.4 is 4.90 Å². The second-order valence-corrected chi connectivity index (χ2v) is 16.5. The number of hydrogen-bond donors (Lipinski definition) is 0. The van der Waals surface area contributed by atoms with Crippen LogP contribution in [0.2, 0.25) is 0 Å². The number of benzene rings is 11. The normalized spacial score (nSPS) is 11.4. The highest BCUT2D eigenvalue weighted by atomic mass is 15.1. The van der Waals surface area contributed by atoms with E-state index >= 15 is 0 Å². The van der Waals surface area contributed by atoms with Crippen LogP contribution in [0.5, 0.6) is 0 Å². The lowest BCUT2D eigenvalue weighted by atomic mass is 9.97. The summed E-state index contributed by atoms with van der Waals surface area (Å²) in [6, 6.07) is 92.5. The van der Waals surface area contributed by atoms with Gasteiger partial charge in [0, 0.05) is 33.5 Å². The minimum Gasteiger partial charge on any atom is -0.311 e. The molecule has 0 bridgehead atoms. The van der Waals surface area contributed by atoms with Crippen molar-refractivity contribution in [2.45, 2.75) is 0 Å². The molecule has 12 aromatic rings. The molecule has 2 nitrogen and oxygen atoms in total. The summed E-state index contributed by atoms with van der Waals surface area (Å²) in [5, 5.41) is 7.57. The number of anilines is 3. The summed E-state index contributed by atoms with van der Waals surface area (Å²) in [6.07, 6.45) is 0. The van der Waals surface area contributed by atoms with Gasteiger partial charge in [-0.25, -0.2) is 0 Å². The van der Waals surface area contributed by atoms with Crippen molar-refractivity contribution in [3.8, 4) is 50.2 Å². The van der Waals surface area contributed by atoms with Gasteiger partial charge in [0.15, 0.2) is 0 Å². The second kappa shape index (κ2) is 15.8. The lowest BCUT2D eigenvalue weighted by Gasteiger charge is -2.26. The van der Waals surface area contributed by atoms with E-state index in [4.69, 9.17) is 0 Å². The largest absolute Gasteiger partial charge is 0.311 e. The van der Waals surface area contributed by atoms with Gasteiger partial charge in [0.2, 0.25) is 0 Å². The summed E-state index contributed by atoms with van der Waals surface area (Å²) in [6.45, 7) is 0. The van der Waals surface area contributed by atoms with Gasteiger partial charge < -0.3 is 9.47 Å². The van der Waals surface area contributed by atoms with E-state index in [1.807, 2.05) is 0 Å². The smallest absolute Gasteiger partial charge is 0.0547 e. The van der Waals surface area contributed by atoms with Crippen LogP contribution in [0.25, 0.3) is 93.5 Å². The highest BCUT2D eigenvalue weighted by Gasteiger charge is 2.19. The van der Waals surface area contributed by atoms with E-state index in [1.165, 1.54) is 76.7 Å². The third kappa shape index (κ3) is 6.52. The number of rotatable bonds is 8. The molecule has 2 heteroatoms. The van der Waals surface area contributed by atoms with Gasteiger partial charge in [-0.1, -0.05) is 194 Å². The Morgan fingerprint density at radius 2 is 0.719 bits per heavy atom. The van der Waals surface area contributed by atoms with E-state index in [0.717, 1.165) is 33.9 Å². The summed E-state index contributed by atoms with van der Waals surface area (Å²) in [5.74, 6) is 0. The molecule has 1 heterocycles. The molecule has 0 saturated heterocycles. The number of fused-ring (bicyclic) bond motifs is 6. The standard InChI is InChI=1S/C62H42N2/c1-3-14-43(15-4-1)44-28-35-51(36-29-44)63(53-39-32-49(33-40-53)56-25-12-20-46-18-7-9-23-55(46)56)52-37-30-45(31-38-52)50-21-11-22-54(42-50)64-59-27-13-26-58(47-16-5-2-6-17-47)61(59)62-57-24-10-8-19-48(57)34-41-60(62)64/h1-42H. The van der Waals surface area contributed by atoms with Crippen molar-refractivity contribution in [3.63, 3.8) is 0 Å². The molecule has 0 aliphatic heterocycles. The third-order valence-corrected chi connectivity index (χ3v) is 12.8. The van der Waals surface area contributed by atoms with Crippen molar-refractivity contribution in [3.05, 3.63) is 255 Å². The lowest BCUT2D eigenvalue weighted by Crippen LogP contribution is -2.09. The molecule has 64 heavy (non-hydrogen) atoms. The van der Waals surface area contributed by atoms with Crippen molar-refractivity contribution in [2.24, 2.45) is 0 Å². The van der Waals surface area contributed by atoms with Gasteiger partial charge in [-0.05, 0) is 127 Å². The van der Waals surface area contributed by atoms with Crippen LogP contribution in [0.1, 0.15) is 0 Å². The quantitative estimate of drug-likeness (QED) is 0.148. The maximum atomic E-state index is 2.45. The molecule has 0 aliphatic carbocycles. The Bertz CT molecular complexity index is 3620. The zero-order valence-electron chi connectivity index (χ0n) is 35.1. The van der Waals surface area contributed by atoms with Crippen molar-refractivity contribution in [2.75, 3.05) is 4.90 Å². The van der Waals surface area contributed by atoms with Gasteiger partial charge in [0.05, 0.1) is 11.0 Å². The molecule has 0 radical (unpaired) electrons. The molecule has 0 aliphatic rings. The van der Waals surface area contributed by atoms with Crippen LogP contribution in [0.15, 0.2) is 255 Å². The summed E-state index contributed by atoms with van der Waals surface area (Å²) >= 11 is 0. The first-order valence-corrected chi connectivity index (χ1v) is 22.0. The van der Waals surface area contributed by atoms with E-state index in [2.05, 4.69) is 264 Å². The van der Waals surface area contributed by atoms with Crippen molar-refractivity contribution in [1.29, 1.82) is 0 Å². The van der Waals surface area contributed by atoms with E-state index in [-0.39, 0.29) is 0 Å². The molecule has 0 unspecified atom stereocenters. The molecule has 0 amide bonds. The molecular weight excluding hydrogens is 773 g/mol. The van der Waals surface area contributed by atoms with Crippen LogP contribution in [-0.2, 0) is 0 Å². The van der Waals surface area contributed by atoms with E-state index in [9.17, 15) is 0 Å². The highest BCUT2D eigenvalue weighted by Crippen LogP contribution is 2.43. The molecule has 11 aromatic carbocycles. The fraction of sp³-hybridized carbons (Fsp3) is 0. The monoisotopic (exact) mass is 814 g/mol. The summed E-state index contributed by atoms with van der Waals surface area (Å²) in [7, 11) is 0. The summed E-state index contributed by atoms with van der Waals surface area (Å²) in [4.78, 5) is 2.36. The predicted octanol–water partition coefficient (Wildman–Crippen LogP) is 17.2. The molecule has 0 fully saturated rings. The molecule has 12 rings (SSSR count). The second-order valence-electron chi connectivity index (χ2n) is 16.5. The molecule has 0 N–H and O–H groups in total. The maximum Gasteiger partial charge on any atom is 0.0547 e. The topological polar surface area (TPSA) is 8.17 Å². The van der Waals surface area contributed by atoms with E-state index < -0.39 is 0 Å². The minimum atomic E-state index is 1.09. The Labute approximate surface area is 373 Å². The van der Waals surface area contributed by atoms with Gasteiger partial charge in [-0.2, -0.15) is 0 Å². The molecular formula is C62H42N2. The lowest BCUT2D eigenvalue weighted by molar-refractivity contribution is 1.18. The molecule has 300 valence electrons. The average molecular weight is 815 g/mol. The van der Waals surface area contributed by atoms with E-state index in [1.54, 1.807) is 0 Å². The Balaban J connectivity index is 0.947. The zero-order chi connectivity index (χ0) is 42.4. The van der Waals surface area contributed by atoms with Crippen molar-refractivity contribution in [1.82, 2.24) is 4.57 Å². The Morgan fingerprint density at radius 3 is 1.41 bits per heavy atom. The molecule has 0 spiro atoms. The van der Waals surface area contributed by atoms with Gasteiger partial charge in [-0.15, -0.1) is 0 Å². The number of aromatic nitrogens is 1. The number of hydrogen-bond acceptors (Lipinski definition) is 1. The zero-order valence-corrected chi connectivity index (χ0v) is 35.1. The molecule has 1 aromatic heterocycles. The highest BCUT2D eigenvalue weighted by molar-refractivity contribution is 6.25. The van der Waals surface area contributed by atoms with Gasteiger partial charge in [0.1, 0.15) is 0 Å². The first kappa shape index (κ1) is 37.3. The minimum absolute atomic E-state index is 1.09. The fourth-order valence-corrected chi connectivity index (χ4v) is 9.74. The summed E-state index contributed by atoms with van der Waals surface area (Å²) < 4.78 is 2.45. The third-order valence-electron chi connectivity index (χ3n) is 12.8. The van der Waals surface area contributed by atoms with Crippen LogP contribution in [0.4, 0.5) is 17.1 Å². The van der Waals surface area contributed by atoms with Crippen LogP contribution in [-0.4, -0.2) is 4.57 Å². The first-order chi connectivity index (χ1) is 31.7. The van der Waals surface area contributed by atoms with Gasteiger partial charge in [0.25, 0.3) is 0 Å². The fourth-order valence-electron chi connectivity index (χ4n) is 9.74. The van der Waals surface area contributed by atoms with Crippen molar-refractivity contribution < 1.29 is 0 Å². The van der Waals surface area contributed by atoms with Crippen LogP contribution >= 0.6 is 0 Å². The maximum absolute atomic E-state index is 2.45. The van der Waals surface area contributed by atoms with Gasteiger partial charge >= 0.3 is 0 Å². The first-order valence-electron chi connectivity index (χ1n) is 22.0. The van der Waals surface area contributed by atoms with Crippen LogP contribution in [0.3, 0.4) is 0 Å². The van der Waals surface area contributed by atoms with Gasteiger partial charge in [-0.3, -0.25) is 0 Å². The summed E-state index contributed by atoms with van der Waals surface area (Å²) in [5.41, 5.74) is 16.4. The Morgan fingerprint density at radius 1 is 0.266 bits per heavy atom. The van der Waals surface area contributed by atoms with Crippen molar-refractivity contribution >= 4 is 60.4 Å². The SMILES string of the molecule is c1ccc(-c2ccc(N(c3ccc(-c4cccc(-n5c6cccc(-c7ccccc7)c6c6c7ccccc7ccc65)c4)cc3)c3ccc(-c4cccc5ccccc45)cc3)cc2)cc1. The Hall–Kier alpha value is -8.46. The number of nitrogens with zero attached hydrogens (tertiary/aromatic N) is 2. The van der Waals surface area contributed by atoms with E-state index in [0.29, 0.717) is 0 Å². The molecule has 0 saturated carbocycles. The van der Waals surface area contributed by atoms with Crippen LogP contribution in [0, 0.1) is 0 Å². The average Bonchev–Trinajstić information content (AvgIpc) is 3.73. The molecule has 0 atom stereocenters.